The molecule has 1 aliphatic rings. The van der Waals surface area contributed by atoms with Crippen LogP contribution < -0.4 is 15.5 Å². The number of aryl methyl sites for hydroxylation is 1. The summed E-state index contributed by atoms with van der Waals surface area (Å²) in [6, 6.07) is 16.8. The van der Waals surface area contributed by atoms with Crippen molar-refractivity contribution in [2.45, 2.75) is 63.2 Å². The molecule has 0 saturated heterocycles. The topological polar surface area (TPSA) is 121 Å². The first-order valence-corrected chi connectivity index (χ1v) is 12.4. The molecule has 0 spiro atoms. The van der Waals surface area contributed by atoms with Crippen LogP contribution in [0.3, 0.4) is 0 Å². The maximum absolute atomic E-state index is 13.1. The monoisotopic (exact) mass is 503 g/mol. The number of pyridine rings is 1. The number of carbonyl (C=O) groups excluding carboxylic acids is 2. The Balaban J connectivity index is 1.41. The number of nitrogens with zero attached hydrogens (tertiary/aromatic N) is 1. The first kappa shape index (κ1) is 26.3. The Labute approximate surface area is 216 Å². The molecule has 1 aromatic heterocycles. The summed E-state index contributed by atoms with van der Waals surface area (Å²) in [5.41, 5.74) is 3.14. The lowest BCUT2D eigenvalue weighted by atomic mass is 9.71. The van der Waals surface area contributed by atoms with E-state index in [1.165, 1.54) is 0 Å². The molecule has 0 radical (unpaired) electrons. The van der Waals surface area contributed by atoms with Gasteiger partial charge in [-0.3, -0.25) is 19.8 Å². The quantitative estimate of drug-likeness (QED) is 0.196. The summed E-state index contributed by atoms with van der Waals surface area (Å²) in [4.78, 5) is 29.7. The number of benzene rings is 2. The van der Waals surface area contributed by atoms with E-state index in [1.807, 2.05) is 31.2 Å². The summed E-state index contributed by atoms with van der Waals surface area (Å²) >= 11 is 0. The van der Waals surface area contributed by atoms with Gasteiger partial charge in [0.2, 0.25) is 5.91 Å². The van der Waals surface area contributed by atoms with E-state index < -0.39 is 17.0 Å². The predicted octanol–water partition coefficient (Wildman–Crippen LogP) is 4.37. The van der Waals surface area contributed by atoms with Gasteiger partial charge in [0.15, 0.2) is 0 Å². The van der Waals surface area contributed by atoms with Crippen molar-refractivity contribution in [3.8, 4) is 5.75 Å². The van der Waals surface area contributed by atoms with Crippen molar-refractivity contribution in [3.63, 3.8) is 0 Å². The Morgan fingerprint density at radius 3 is 2.49 bits per heavy atom. The minimum atomic E-state index is -0.899. The molecular formula is C29H33N3O5. The summed E-state index contributed by atoms with van der Waals surface area (Å²) < 4.78 is 5.95. The molecule has 8 heteroatoms. The molecule has 1 fully saturated rings. The van der Waals surface area contributed by atoms with Crippen LogP contribution in [0.1, 0.15) is 60.1 Å². The van der Waals surface area contributed by atoms with Crippen molar-refractivity contribution < 1.29 is 24.6 Å². The van der Waals surface area contributed by atoms with Crippen LogP contribution in [-0.4, -0.2) is 38.3 Å². The normalized spacial score (nSPS) is 21.3. The fraction of sp³-hybridized carbons (Fsp3) is 0.345. The van der Waals surface area contributed by atoms with Crippen LogP contribution in [0, 0.1) is 6.92 Å². The number of hydrogen-bond donors (Lipinski definition) is 4. The second kappa shape index (κ2) is 11.1. The van der Waals surface area contributed by atoms with Crippen molar-refractivity contribution in [2.75, 3.05) is 0 Å². The maximum Gasteiger partial charge on any atom is 0.251 e. The highest BCUT2D eigenvalue weighted by Crippen LogP contribution is 2.39. The molecule has 0 atom stereocenters. The molecule has 37 heavy (non-hydrogen) atoms. The molecule has 0 aliphatic heterocycles. The lowest BCUT2D eigenvalue weighted by Crippen LogP contribution is -2.55. The Morgan fingerprint density at radius 2 is 1.81 bits per heavy atom. The zero-order valence-electron chi connectivity index (χ0n) is 21.0. The highest BCUT2D eigenvalue weighted by Gasteiger charge is 2.43. The number of fused-ring (bicyclic) bond motifs is 1. The number of ether oxygens (including phenoxy) is 1. The Kier molecular flexibility index (Phi) is 7.90. The third kappa shape index (κ3) is 6.34. The number of aliphatic hydroxyl groups is 1. The summed E-state index contributed by atoms with van der Waals surface area (Å²) in [7, 11) is 0. The zero-order valence-corrected chi connectivity index (χ0v) is 21.0. The average molecular weight is 504 g/mol. The number of para-hydroxylation sites is 1. The zero-order chi connectivity index (χ0) is 26.5. The third-order valence-electron chi connectivity index (χ3n) is 7.19. The van der Waals surface area contributed by atoms with Crippen LogP contribution >= 0.6 is 0 Å². The minimum absolute atomic E-state index is 0.0836. The van der Waals surface area contributed by atoms with Crippen LogP contribution in [-0.2, 0) is 11.4 Å². The summed E-state index contributed by atoms with van der Waals surface area (Å²) in [5, 5.41) is 23.8. The predicted molar refractivity (Wildman–Crippen MR) is 140 cm³/mol. The molecule has 194 valence electrons. The van der Waals surface area contributed by atoms with E-state index in [2.05, 4.69) is 22.9 Å². The van der Waals surface area contributed by atoms with E-state index in [0.717, 1.165) is 22.2 Å². The molecule has 8 nitrogen and oxygen atoms in total. The van der Waals surface area contributed by atoms with Gasteiger partial charge in [-0.2, -0.15) is 0 Å². The van der Waals surface area contributed by atoms with Gasteiger partial charge in [0, 0.05) is 27.7 Å². The first-order valence-electron chi connectivity index (χ1n) is 12.4. The second-order valence-electron chi connectivity index (χ2n) is 9.90. The molecular weight excluding hydrogens is 470 g/mol. The number of hydrogen-bond acceptors (Lipinski definition) is 6. The van der Waals surface area contributed by atoms with Crippen molar-refractivity contribution in [3.05, 3.63) is 84.1 Å². The Morgan fingerprint density at radius 1 is 1.11 bits per heavy atom. The Hall–Kier alpha value is -3.75. The molecule has 0 bridgehead atoms. The van der Waals surface area contributed by atoms with Crippen molar-refractivity contribution in [2.24, 2.45) is 0 Å². The van der Waals surface area contributed by atoms with E-state index >= 15 is 0 Å². The van der Waals surface area contributed by atoms with E-state index in [-0.39, 0.29) is 12.3 Å². The van der Waals surface area contributed by atoms with E-state index in [0.29, 0.717) is 50.0 Å². The average Bonchev–Trinajstić information content (AvgIpc) is 2.89. The van der Waals surface area contributed by atoms with Crippen LogP contribution in [0.25, 0.3) is 10.9 Å². The van der Waals surface area contributed by atoms with Crippen molar-refractivity contribution in [1.29, 1.82) is 0 Å². The Bertz CT molecular complexity index is 1280. The number of amides is 2. The molecule has 2 aromatic carbocycles. The highest BCUT2D eigenvalue weighted by atomic mass is 16.5. The molecule has 1 saturated carbocycles. The molecule has 3 aromatic rings. The molecule has 2 amide bonds. The molecule has 4 rings (SSSR count). The first-order chi connectivity index (χ1) is 17.7. The largest absolute Gasteiger partial charge is 0.489 e. The molecule has 1 aliphatic carbocycles. The molecule has 4 N–H and O–H groups in total. The maximum atomic E-state index is 13.1. The van der Waals surface area contributed by atoms with Gasteiger partial charge in [-0.1, -0.05) is 24.3 Å². The third-order valence-corrected chi connectivity index (χ3v) is 7.19. The molecule has 0 unspecified atom stereocenters. The molecule has 1 heterocycles. The van der Waals surface area contributed by atoms with Crippen LogP contribution in [0.4, 0.5) is 0 Å². The summed E-state index contributed by atoms with van der Waals surface area (Å²) in [6.07, 6.45) is 3.65. The summed E-state index contributed by atoms with van der Waals surface area (Å²) in [6.45, 7) is 6.00. The number of hydroxylamine groups is 1. The minimum Gasteiger partial charge on any atom is -0.489 e. The fourth-order valence-corrected chi connectivity index (χ4v) is 4.94. The van der Waals surface area contributed by atoms with E-state index in [4.69, 9.17) is 9.94 Å². The summed E-state index contributed by atoms with van der Waals surface area (Å²) in [5.74, 6) is -0.302. The second-order valence-corrected chi connectivity index (χ2v) is 9.90. The lowest BCUT2D eigenvalue weighted by Gasteiger charge is -2.44. The van der Waals surface area contributed by atoms with E-state index in [9.17, 15) is 14.7 Å². The van der Waals surface area contributed by atoms with Crippen LogP contribution in [0.15, 0.2) is 67.3 Å². The van der Waals surface area contributed by atoms with Gasteiger partial charge >= 0.3 is 0 Å². The van der Waals surface area contributed by atoms with Gasteiger partial charge in [-0.15, -0.1) is 6.58 Å². The van der Waals surface area contributed by atoms with Gasteiger partial charge in [-0.05, 0) is 75.4 Å². The fourth-order valence-electron chi connectivity index (χ4n) is 4.94. The number of carbonyl (C=O) groups is 2. The smallest absolute Gasteiger partial charge is 0.251 e. The number of nitrogens with one attached hydrogen (secondary N) is 2. The van der Waals surface area contributed by atoms with Crippen molar-refractivity contribution >= 4 is 22.7 Å². The highest BCUT2D eigenvalue weighted by molar-refractivity contribution is 5.95. The van der Waals surface area contributed by atoms with Crippen LogP contribution in [0.2, 0.25) is 0 Å². The van der Waals surface area contributed by atoms with Crippen molar-refractivity contribution in [1.82, 2.24) is 15.8 Å². The van der Waals surface area contributed by atoms with Gasteiger partial charge in [0.25, 0.3) is 5.91 Å². The standard InChI is InChI=1S/C29H33N3O5/c1-3-12-29(35)15-13-28(14-16-29,18-26(33)32-36)31-27(34)21-8-10-24(11-9-21)37-19-23-17-22-6-4-5-7-25(22)30-20(23)2/h3-11,17,35-36H,1,12-16,18-19H2,2H3,(H,31,34)(H,32,33)/t28-,29-. The van der Waals surface area contributed by atoms with Gasteiger partial charge in [0.05, 0.1) is 17.5 Å². The van der Waals surface area contributed by atoms with E-state index in [1.54, 1.807) is 35.8 Å². The van der Waals surface area contributed by atoms with Gasteiger partial charge in [-0.25, -0.2) is 5.48 Å². The number of aromatic nitrogens is 1. The van der Waals surface area contributed by atoms with Crippen LogP contribution in [0.5, 0.6) is 5.75 Å². The van der Waals surface area contributed by atoms with Gasteiger partial charge < -0.3 is 15.2 Å². The SMILES string of the molecule is C=CC[C@]1(O)CC[C@](CC(=O)NO)(NC(=O)c2ccc(OCc3cc4ccccc4nc3C)cc2)CC1. The number of rotatable bonds is 9. The van der Waals surface area contributed by atoms with Gasteiger partial charge in [0.1, 0.15) is 12.4 Å². The lowest BCUT2D eigenvalue weighted by molar-refractivity contribution is -0.131.